The Morgan fingerprint density at radius 2 is 1.64 bits per heavy atom. The lowest BCUT2D eigenvalue weighted by atomic mass is 10.2. The molecule has 0 atom stereocenters. The average Bonchev–Trinajstić information content (AvgIpc) is 3.29. The molecule has 1 heterocycles. The van der Waals surface area contributed by atoms with Gasteiger partial charge >= 0.3 is 12.5 Å². The highest BCUT2D eigenvalue weighted by atomic mass is 19.4. The molecule has 10 heteroatoms. The zero-order valence-corrected chi connectivity index (χ0v) is 17.0. The highest BCUT2D eigenvalue weighted by Gasteiger charge is 2.31. The van der Waals surface area contributed by atoms with Gasteiger partial charge in [-0.25, -0.2) is 14.5 Å². The molecule has 0 unspecified atom stereocenters. The number of alkyl halides is 3. The van der Waals surface area contributed by atoms with Gasteiger partial charge in [-0.05, 0) is 54.1 Å². The molecule has 0 aliphatic carbocycles. The average molecular weight is 454 g/mol. The molecule has 0 saturated heterocycles. The first-order valence-electron chi connectivity index (χ1n) is 9.72. The van der Waals surface area contributed by atoms with E-state index < -0.39 is 12.5 Å². The molecule has 0 aliphatic heterocycles. The predicted octanol–water partition coefficient (Wildman–Crippen LogP) is 5.58. The fourth-order valence-corrected chi connectivity index (χ4v) is 2.90. The zero-order chi connectivity index (χ0) is 23.3. The number of aromatic nitrogens is 3. The topological polar surface area (TPSA) is 78.3 Å². The van der Waals surface area contributed by atoms with E-state index in [0.29, 0.717) is 22.8 Å². The molecule has 4 aromatic rings. The minimum absolute atomic E-state index is 0.162. The highest BCUT2D eigenvalue weighted by molar-refractivity contribution is 5.84. The SMILES string of the molecule is O=C(Nc1ccc(-c2ncn(-c3ccc(OC(F)(F)F)cc3)n2)cc1)OCc1ccccc1. The van der Waals surface area contributed by atoms with Crippen molar-refractivity contribution in [2.45, 2.75) is 13.0 Å². The Bertz CT molecular complexity index is 1210. The molecule has 0 fully saturated rings. The van der Waals surface area contributed by atoms with Crippen molar-refractivity contribution >= 4 is 11.8 Å². The second kappa shape index (κ2) is 9.43. The van der Waals surface area contributed by atoms with Gasteiger partial charge in [0.05, 0.1) is 5.69 Å². The monoisotopic (exact) mass is 454 g/mol. The van der Waals surface area contributed by atoms with Crippen LogP contribution in [0.1, 0.15) is 5.56 Å². The van der Waals surface area contributed by atoms with Crippen LogP contribution in [-0.2, 0) is 11.3 Å². The molecule has 4 rings (SSSR count). The molecule has 1 aromatic heterocycles. The number of carbonyl (C=O) groups excluding carboxylic acids is 1. The maximum absolute atomic E-state index is 12.3. The molecular formula is C23H17F3N4O3. The Morgan fingerprint density at radius 1 is 0.939 bits per heavy atom. The quantitative estimate of drug-likeness (QED) is 0.411. The van der Waals surface area contributed by atoms with Crippen molar-refractivity contribution in [2.24, 2.45) is 0 Å². The van der Waals surface area contributed by atoms with Crippen LogP contribution < -0.4 is 10.1 Å². The molecular weight excluding hydrogens is 437 g/mol. The van der Waals surface area contributed by atoms with Gasteiger partial charge < -0.3 is 9.47 Å². The maximum atomic E-state index is 12.3. The van der Waals surface area contributed by atoms with Crippen molar-refractivity contribution in [3.63, 3.8) is 0 Å². The number of halogens is 3. The van der Waals surface area contributed by atoms with Crippen LogP contribution in [0.25, 0.3) is 17.1 Å². The number of benzene rings is 3. The van der Waals surface area contributed by atoms with Crippen LogP contribution in [0.5, 0.6) is 5.75 Å². The van der Waals surface area contributed by atoms with E-state index in [9.17, 15) is 18.0 Å². The minimum atomic E-state index is -4.75. The first-order valence-corrected chi connectivity index (χ1v) is 9.72. The van der Waals surface area contributed by atoms with Gasteiger partial charge in [0.2, 0.25) is 0 Å². The van der Waals surface area contributed by atoms with Crippen molar-refractivity contribution in [2.75, 3.05) is 5.32 Å². The van der Waals surface area contributed by atoms with Gasteiger partial charge in [-0.2, -0.15) is 0 Å². The van der Waals surface area contributed by atoms with Crippen molar-refractivity contribution in [1.29, 1.82) is 0 Å². The molecule has 33 heavy (non-hydrogen) atoms. The molecule has 1 amide bonds. The van der Waals surface area contributed by atoms with E-state index in [4.69, 9.17) is 4.74 Å². The van der Waals surface area contributed by atoms with Gasteiger partial charge in [0.15, 0.2) is 5.82 Å². The number of rotatable bonds is 6. The zero-order valence-electron chi connectivity index (χ0n) is 17.0. The Labute approximate surface area is 186 Å². The van der Waals surface area contributed by atoms with E-state index in [1.807, 2.05) is 30.3 Å². The standard InChI is InChI=1S/C23H17F3N4O3/c24-23(25,26)33-20-12-10-19(11-13-20)30-15-27-21(29-30)17-6-8-18(9-7-17)28-22(31)32-14-16-4-2-1-3-5-16/h1-13,15H,14H2,(H,28,31). The molecule has 3 aromatic carbocycles. The van der Waals surface area contributed by atoms with Gasteiger partial charge in [0.25, 0.3) is 0 Å². The summed E-state index contributed by atoms with van der Waals surface area (Å²) in [6.45, 7) is 0.162. The smallest absolute Gasteiger partial charge is 0.444 e. The van der Waals surface area contributed by atoms with Crippen molar-refractivity contribution < 1.29 is 27.4 Å². The second-order valence-corrected chi connectivity index (χ2v) is 6.82. The third-order valence-electron chi connectivity index (χ3n) is 4.43. The first kappa shape index (κ1) is 21.9. The summed E-state index contributed by atoms with van der Waals surface area (Å²) in [5.41, 5.74) is 2.63. The van der Waals surface area contributed by atoms with Crippen molar-refractivity contribution in [3.05, 3.63) is 90.8 Å². The Kier molecular flexibility index (Phi) is 6.25. The van der Waals surface area contributed by atoms with Gasteiger partial charge in [0.1, 0.15) is 18.7 Å². The number of amides is 1. The molecule has 0 saturated carbocycles. The fraction of sp³-hybridized carbons (Fsp3) is 0.0870. The molecule has 168 valence electrons. The lowest BCUT2D eigenvalue weighted by Gasteiger charge is -2.09. The van der Waals surface area contributed by atoms with E-state index in [1.165, 1.54) is 35.3 Å². The number of nitrogens with one attached hydrogen (secondary N) is 1. The minimum Gasteiger partial charge on any atom is -0.444 e. The number of hydrogen-bond acceptors (Lipinski definition) is 5. The third kappa shape index (κ3) is 6.10. The van der Waals surface area contributed by atoms with Gasteiger partial charge in [0, 0.05) is 11.3 Å². The van der Waals surface area contributed by atoms with Crippen LogP contribution in [0.2, 0.25) is 0 Å². The van der Waals surface area contributed by atoms with E-state index >= 15 is 0 Å². The summed E-state index contributed by atoms with van der Waals surface area (Å²) in [5.74, 6) is 0.0841. The highest BCUT2D eigenvalue weighted by Crippen LogP contribution is 2.24. The van der Waals surface area contributed by atoms with Crippen molar-refractivity contribution in [1.82, 2.24) is 14.8 Å². The second-order valence-electron chi connectivity index (χ2n) is 6.82. The summed E-state index contributed by atoms with van der Waals surface area (Å²) in [7, 11) is 0. The van der Waals surface area contributed by atoms with Crippen LogP contribution >= 0.6 is 0 Å². The van der Waals surface area contributed by atoms with Crippen molar-refractivity contribution in [3.8, 4) is 22.8 Å². The summed E-state index contributed by atoms with van der Waals surface area (Å²) in [5, 5.41) is 6.98. The Morgan fingerprint density at radius 3 is 2.30 bits per heavy atom. The number of carbonyl (C=O) groups is 1. The molecule has 0 radical (unpaired) electrons. The van der Waals surface area contributed by atoms with Gasteiger partial charge in [-0.1, -0.05) is 30.3 Å². The van der Waals surface area contributed by atoms with E-state index in [1.54, 1.807) is 24.3 Å². The molecule has 0 bridgehead atoms. The third-order valence-corrected chi connectivity index (χ3v) is 4.43. The van der Waals surface area contributed by atoms with Crippen LogP contribution in [0, 0.1) is 0 Å². The summed E-state index contributed by atoms with van der Waals surface area (Å²) in [4.78, 5) is 16.2. The van der Waals surface area contributed by atoms with E-state index in [0.717, 1.165) is 5.56 Å². The fourth-order valence-electron chi connectivity index (χ4n) is 2.90. The van der Waals surface area contributed by atoms with Crippen LogP contribution in [0.3, 0.4) is 0 Å². The number of ether oxygens (including phenoxy) is 2. The Balaban J connectivity index is 1.36. The normalized spacial score (nSPS) is 11.1. The lowest BCUT2D eigenvalue weighted by Crippen LogP contribution is -2.17. The predicted molar refractivity (Wildman–Crippen MR) is 114 cm³/mol. The van der Waals surface area contributed by atoms with E-state index in [2.05, 4.69) is 20.1 Å². The van der Waals surface area contributed by atoms with Gasteiger partial charge in [-0.3, -0.25) is 5.32 Å². The molecule has 7 nitrogen and oxygen atoms in total. The summed E-state index contributed by atoms with van der Waals surface area (Å²) in [6.07, 6.45) is -3.88. The van der Waals surface area contributed by atoms with Gasteiger partial charge in [-0.15, -0.1) is 18.3 Å². The number of nitrogens with zero attached hydrogens (tertiary/aromatic N) is 3. The molecule has 0 spiro atoms. The number of anilines is 1. The van der Waals surface area contributed by atoms with E-state index in [-0.39, 0.29) is 12.4 Å². The summed E-state index contributed by atoms with van der Waals surface area (Å²) < 4.78 is 47.3. The number of hydrogen-bond donors (Lipinski definition) is 1. The Hall–Kier alpha value is -4.34. The largest absolute Gasteiger partial charge is 0.573 e. The van der Waals surface area contributed by atoms with Crippen LogP contribution in [0.4, 0.5) is 23.7 Å². The molecule has 0 aliphatic rings. The van der Waals surface area contributed by atoms with Crippen LogP contribution in [0.15, 0.2) is 85.2 Å². The molecule has 1 N–H and O–H groups in total. The first-order chi connectivity index (χ1) is 15.9. The summed E-state index contributed by atoms with van der Waals surface area (Å²) in [6, 6.07) is 21.4. The maximum Gasteiger partial charge on any atom is 0.573 e. The van der Waals surface area contributed by atoms with Crippen LogP contribution in [-0.4, -0.2) is 27.2 Å². The lowest BCUT2D eigenvalue weighted by molar-refractivity contribution is -0.274. The summed E-state index contributed by atoms with van der Waals surface area (Å²) >= 11 is 0.